The molecule has 21 heavy (non-hydrogen) atoms. The fraction of sp³-hybridized carbons (Fsp3) is 0.412. The van der Waals surface area contributed by atoms with Crippen LogP contribution in [0.1, 0.15) is 30.9 Å². The van der Waals surface area contributed by atoms with Gasteiger partial charge in [-0.05, 0) is 38.3 Å². The Labute approximate surface area is 125 Å². The van der Waals surface area contributed by atoms with Crippen LogP contribution in [0.15, 0.2) is 30.3 Å². The molecule has 0 spiro atoms. The normalized spacial score (nSPS) is 16.2. The Kier molecular flexibility index (Phi) is 5.14. The van der Waals surface area contributed by atoms with E-state index in [1.807, 2.05) is 31.2 Å². The first-order valence-electron chi connectivity index (χ1n) is 7.30. The van der Waals surface area contributed by atoms with Gasteiger partial charge in [-0.3, -0.25) is 4.79 Å². The molecular weight excluding hydrogens is 266 g/mol. The zero-order valence-corrected chi connectivity index (χ0v) is 12.5. The fourth-order valence-electron chi connectivity index (χ4n) is 2.30. The highest BCUT2D eigenvalue weighted by Crippen LogP contribution is 2.11. The summed E-state index contributed by atoms with van der Waals surface area (Å²) >= 11 is 0. The lowest BCUT2D eigenvalue weighted by Crippen LogP contribution is -2.37. The van der Waals surface area contributed by atoms with Crippen LogP contribution in [0.2, 0.25) is 0 Å². The number of likely N-dealkylation sites (tertiary alicyclic amines) is 1. The minimum atomic E-state index is -0.724. The summed E-state index contributed by atoms with van der Waals surface area (Å²) in [5.41, 5.74) is 2.09. The van der Waals surface area contributed by atoms with Crippen molar-refractivity contribution < 1.29 is 14.3 Å². The van der Waals surface area contributed by atoms with Crippen molar-refractivity contribution in [3.8, 4) is 0 Å². The van der Waals surface area contributed by atoms with Crippen LogP contribution in [-0.4, -0.2) is 36.0 Å². The smallest absolute Gasteiger partial charge is 0.331 e. The Morgan fingerprint density at radius 2 is 1.81 bits per heavy atom. The summed E-state index contributed by atoms with van der Waals surface area (Å²) in [5.74, 6) is -0.597. The molecule has 112 valence electrons. The summed E-state index contributed by atoms with van der Waals surface area (Å²) < 4.78 is 5.15. The van der Waals surface area contributed by atoms with Crippen molar-refractivity contribution in [1.29, 1.82) is 0 Å². The van der Waals surface area contributed by atoms with Crippen LogP contribution in [0, 0.1) is 6.92 Å². The molecule has 4 nitrogen and oxygen atoms in total. The second-order valence-corrected chi connectivity index (χ2v) is 5.36. The SMILES string of the molecule is Cc1ccc(/C=C/C(=O)OC(C)C(=O)N2CCCC2)cc1. The van der Waals surface area contributed by atoms with Crippen LogP contribution >= 0.6 is 0 Å². The van der Waals surface area contributed by atoms with Gasteiger partial charge < -0.3 is 9.64 Å². The molecule has 1 amide bonds. The lowest BCUT2D eigenvalue weighted by molar-refractivity contribution is -0.154. The molecule has 1 aliphatic rings. The number of ether oxygens (including phenoxy) is 1. The molecular formula is C17H21NO3. The predicted octanol–water partition coefficient (Wildman–Crippen LogP) is 2.56. The van der Waals surface area contributed by atoms with E-state index in [0.717, 1.165) is 31.5 Å². The average molecular weight is 287 g/mol. The molecule has 0 bridgehead atoms. The number of nitrogens with zero attached hydrogens (tertiary/aromatic N) is 1. The fourth-order valence-corrected chi connectivity index (χ4v) is 2.30. The van der Waals surface area contributed by atoms with E-state index in [0.29, 0.717) is 0 Å². The van der Waals surface area contributed by atoms with Gasteiger partial charge in [-0.1, -0.05) is 29.8 Å². The van der Waals surface area contributed by atoms with Crippen LogP contribution < -0.4 is 0 Å². The number of benzene rings is 1. The van der Waals surface area contributed by atoms with Crippen LogP contribution in [0.3, 0.4) is 0 Å². The van der Waals surface area contributed by atoms with Crippen LogP contribution in [0.5, 0.6) is 0 Å². The highest BCUT2D eigenvalue weighted by Gasteiger charge is 2.25. The van der Waals surface area contributed by atoms with E-state index >= 15 is 0 Å². The highest BCUT2D eigenvalue weighted by molar-refractivity contribution is 5.90. The maximum absolute atomic E-state index is 12.0. The number of hydrogen-bond donors (Lipinski definition) is 0. The molecule has 1 unspecified atom stereocenters. The maximum Gasteiger partial charge on any atom is 0.331 e. The molecule has 1 aromatic rings. The topological polar surface area (TPSA) is 46.6 Å². The summed E-state index contributed by atoms with van der Waals surface area (Å²) in [4.78, 5) is 25.5. The van der Waals surface area contributed by atoms with Gasteiger partial charge in [0.2, 0.25) is 0 Å². The van der Waals surface area contributed by atoms with Crippen molar-refractivity contribution in [3.05, 3.63) is 41.5 Å². The van der Waals surface area contributed by atoms with Gasteiger partial charge in [0.25, 0.3) is 5.91 Å². The van der Waals surface area contributed by atoms with Crippen molar-refractivity contribution in [2.45, 2.75) is 32.8 Å². The van der Waals surface area contributed by atoms with Crippen LogP contribution in [-0.2, 0) is 14.3 Å². The minimum Gasteiger partial charge on any atom is -0.449 e. The first-order chi connectivity index (χ1) is 10.1. The number of aryl methyl sites for hydroxylation is 1. The molecule has 1 aromatic carbocycles. The van der Waals surface area contributed by atoms with E-state index in [4.69, 9.17) is 4.74 Å². The summed E-state index contributed by atoms with van der Waals surface area (Å²) in [6.07, 6.45) is 4.38. The Hall–Kier alpha value is -2.10. The van der Waals surface area contributed by atoms with Gasteiger partial charge in [0.05, 0.1) is 0 Å². The summed E-state index contributed by atoms with van der Waals surface area (Å²) in [5, 5.41) is 0. The molecule has 0 radical (unpaired) electrons. The monoisotopic (exact) mass is 287 g/mol. The Bertz CT molecular complexity index is 527. The van der Waals surface area contributed by atoms with E-state index < -0.39 is 12.1 Å². The maximum atomic E-state index is 12.0. The van der Waals surface area contributed by atoms with Crippen molar-refractivity contribution in [3.63, 3.8) is 0 Å². The third-order valence-electron chi connectivity index (χ3n) is 3.55. The van der Waals surface area contributed by atoms with Crippen molar-refractivity contribution in [2.75, 3.05) is 13.1 Å². The molecule has 0 N–H and O–H groups in total. The largest absolute Gasteiger partial charge is 0.449 e. The third kappa shape index (κ3) is 4.45. The number of hydrogen-bond acceptors (Lipinski definition) is 3. The van der Waals surface area contributed by atoms with Gasteiger partial charge in [-0.2, -0.15) is 0 Å². The second kappa shape index (κ2) is 7.07. The highest BCUT2D eigenvalue weighted by atomic mass is 16.5. The molecule has 1 saturated heterocycles. The molecule has 1 heterocycles. The zero-order chi connectivity index (χ0) is 15.2. The number of esters is 1. The van der Waals surface area contributed by atoms with Crippen molar-refractivity contribution in [2.24, 2.45) is 0 Å². The molecule has 1 atom stereocenters. The number of carbonyl (C=O) groups is 2. The summed E-state index contributed by atoms with van der Waals surface area (Å²) in [6.45, 7) is 5.16. The van der Waals surface area contributed by atoms with Gasteiger partial charge in [0.15, 0.2) is 6.10 Å². The molecule has 2 rings (SSSR count). The summed E-state index contributed by atoms with van der Waals surface area (Å²) in [7, 11) is 0. The van der Waals surface area contributed by atoms with E-state index in [1.54, 1.807) is 17.9 Å². The molecule has 0 aliphatic carbocycles. The first kappa shape index (κ1) is 15.3. The third-order valence-corrected chi connectivity index (χ3v) is 3.55. The number of amides is 1. The van der Waals surface area contributed by atoms with Gasteiger partial charge in [-0.15, -0.1) is 0 Å². The van der Waals surface area contributed by atoms with Gasteiger partial charge in [-0.25, -0.2) is 4.79 Å². The van der Waals surface area contributed by atoms with Gasteiger partial charge in [0.1, 0.15) is 0 Å². The van der Waals surface area contributed by atoms with Crippen molar-refractivity contribution in [1.82, 2.24) is 4.90 Å². The lowest BCUT2D eigenvalue weighted by Gasteiger charge is -2.19. The van der Waals surface area contributed by atoms with E-state index in [1.165, 1.54) is 11.6 Å². The van der Waals surface area contributed by atoms with Gasteiger partial charge >= 0.3 is 5.97 Å². The van der Waals surface area contributed by atoms with E-state index in [2.05, 4.69) is 0 Å². The second-order valence-electron chi connectivity index (χ2n) is 5.36. The Morgan fingerprint density at radius 1 is 1.19 bits per heavy atom. The quantitative estimate of drug-likeness (QED) is 0.631. The first-order valence-corrected chi connectivity index (χ1v) is 7.30. The Morgan fingerprint density at radius 3 is 2.43 bits per heavy atom. The molecule has 1 aliphatic heterocycles. The van der Waals surface area contributed by atoms with Gasteiger partial charge in [0, 0.05) is 19.2 Å². The minimum absolute atomic E-state index is 0.107. The Balaban J connectivity index is 1.85. The number of carbonyl (C=O) groups excluding carboxylic acids is 2. The van der Waals surface area contributed by atoms with E-state index in [9.17, 15) is 9.59 Å². The van der Waals surface area contributed by atoms with E-state index in [-0.39, 0.29) is 5.91 Å². The average Bonchev–Trinajstić information content (AvgIpc) is 3.00. The molecule has 0 saturated carbocycles. The summed E-state index contributed by atoms with van der Waals surface area (Å²) in [6, 6.07) is 7.81. The molecule has 0 aromatic heterocycles. The van der Waals surface area contributed by atoms with Crippen LogP contribution in [0.25, 0.3) is 6.08 Å². The number of rotatable bonds is 4. The predicted molar refractivity (Wildman–Crippen MR) is 81.6 cm³/mol. The lowest BCUT2D eigenvalue weighted by atomic mass is 10.1. The standard InChI is InChI=1S/C17H21NO3/c1-13-5-7-15(8-6-13)9-10-16(19)21-14(2)17(20)18-11-3-4-12-18/h5-10,14H,3-4,11-12H2,1-2H3/b10-9+. The van der Waals surface area contributed by atoms with Crippen LogP contribution in [0.4, 0.5) is 0 Å². The molecule has 1 fully saturated rings. The zero-order valence-electron chi connectivity index (χ0n) is 12.5. The van der Waals surface area contributed by atoms with Crippen molar-refractivity contribution >= 4 is 18.0 Å². The molecule has 4 heteroatoms.